The van der Waals surface area contributed by atoms with Gasteiger partial charge in [-0.15, -0.1) is 0 Å². The number of aromatic nitrogens is 1. The van der Waals surface area contributed by atoms with Crippen LogP contribution in [-0.2, 0) is 0 Å². The van der Waals surface area contributed by atoms with Gasteiger partial charge in [-0.25, -0.2) is 9.78 Å². The van der Waals surface area contributed by atoms with E-state index < -0.39 is 5.97 Å². The summed E-state index contributed by atoms with van der Waals surface area (Å²) in [6.45, 7) is 7.78. The van der Waals surface area contributed by atoms with E-state index >= 15 is 0 Å². The number of aromatic carboxylic acids is 1. The first-order valence-corrected chi connectivity index (χ1v) is 5.07. The van der Waals surface area contributed by atoms with Gasteiger partial charge in [-0.3, -0.25) is 4.99 Å². The van der Waals surface area contributed by atoms with Gasteiger partial charge in [0, 0.05) is 0 Å². The average Bonchev–Trinajstić information content (AvgIpc) is 2.15. The van der Waals surface area contributed by atoms with E-state index in [4.69, 9.17) is 5.11 Å². The van der Waals surface area contributed by atoms with E-state index in [2.05, 4.69) is 9.98 Å². The van der Waals surface area contributed by atoms with Crippen LogP contribution in [0.3, 0.4) is 0 Å². The van der Waals surface area contributed by atoms with Gasteiger partial charge in [0.15, 0.2) is 0 Å². The topological polar surface area (TPSA) is 62.5 Å². The highest BCUT2D eigenvalue weighted by atomic mass is 16.4. The summed E-state index contributed by atoms with van der Waals surface area (Å²) in [5, 5.41) is 8.82. The molecule has 0 aliphatic heterocycles. The van der Waals surface area contributed by atoms with Crippen molar-refractivity contribution in [3.05, 3.63) is 29.6 Å². The molecule has 0 spiro atoms. The van der Waals surface area contributed by atoms with Gasteiger partial charge in [-0.05, 0) is 39.8 Å². The number of carbonyl (C=O) groups is 1. The Morgan fingerprint density at radius 1 is 1.31 bits per heavy atom. The zero-order valence-corrected chi connectivity index (χ0v) is 9.98. The fourth-order valence-corrected chi connectivity index (χ4v) is 1.32. The zero-order chi connectivity index (χ0) is 12.3. The summed E-state index contributed by atoms with van der Waals surface area (Å²) >= 11 is 0. The van der Waals surface area contributed by atoms with Crippen LogP contribution in [0.25, 0.3) is 0 Å². The minimum Gasteiger partial charge on any atom is -0.477 e. The summed E-state index contributed by atoms with van der Waals surface area (Å²) < 4.78 is 0. The molecule has 86 valence electrons. The highest BCUT2D eigenvalue weighted by Crippen LogP contribution is 2.10. The van der Waals surface area contributed by atoms with E-state index in [0.717, 1.165) is 5.71 Å². The minimum absolute atomic E-state index is 0.0426. The number of hydrogen-bond donors (Lipinski definition) is 1. The van der Waals surface area contributed by atoms with Crippen LogP contribution in [0.15, 0.2) is 23.2 Å². The van der Waals surface area contributed by atoms with Crippen LogP contribution in [0.1, 0.15) is 43.9 Å². The molecule has 0 aliphatic rings. The molecule has 1 aromatic heterocycles. The van der Waals surface area contributed by atoms with Crippen molar-refractivity contribution in [2.75, 3.05) is 0 Å². The average molecular weight is 220 g/mol. The fourth-order valence-electron chi connectivity index (χ4n) is 1.32. The molecule has 0 aliphatic carbocycles. The SMILES string of the molecule is CC(=NC(C)(C)C)c1cccc(C(=O)O)n1. The highest BCUT2D eigenvalue weighted by molar-refractivity contribution is 5.98. The number of nitrogens with zero attached hydrogens (tertiary/aromatic N) is 2. The van der Waals surface area contributed by atoms with Gasteiger partial charge < -0.3 is 5.11 Å². The lowest BCUT2D eigenvalue weighted by Gasteiger charge is -2.13. The molecule has 0 saturated carbocycles. The number of hydrogen-bond acceptors (Lipinski definition) is 3. The van der Waals surface area contributed by atoms with E-state index in [1.165, 1.54) is 6.07 Å². The van der Waals surface area contributed by atoms with Gasteiger partial charge >= 0.3 is 5.97 Å². The van der Waals surface area contributed by atoms with Crippen molar-refractivity contribution < 1.29 is 9.90 Å². The Morgan fingerprint density at radius 2 is 1.88 bits per heavy atom. The van der Waals surface area contributed by atoms with Crippen LogP contribution < -0.4 is 0 Å². The van der Waals surface area contributed by atoms with Crippen LogP contribution in [0.4, 0.5) is 0 Å². The molecule has 16 heavy (non-hydrogen) atoms. The van der Waals surface area contributed by atoms with Gasteiger partial charge in [0.25, 0.3) is 0 Å². The van der Waals surface area contributed by atoms with Crippen molar-refractivity contribution in [3.8, 4) is 0 Å². The van der Waals surface area contributed by atoms with Crippen LogP contribution in [0, 0.1) is 0 Å². The number of aliphatic imine (C=N–C) groups is 1. The maximum Gasteiger partial charge on any atom is 0.354 e. The van der Waals surface area contributed by atoms with Crippen molar-refractivity contribution >= 4 is 11.7 Å². The summed E-state index contributed by atoms with van der Waals surface area (Å²) in [6, 6.07) is 4.90. The first kappa shape index (κ1) is 12.4. The molecule has 0 unspecified atom stereocenters. The molecular weight excluding hydrogens is 204 g/mol. The first-order valence-electron chi connectivity index (χ1n) is 5.07. The summed E-state index contributed by atoms with van der Waals surface area (Å²) in [4.78, 5) is 19.2. The van der Waals surface area contributed by atoms with E-state index in [-0.39, 0.29) is 11.2 Å². The predicted molar refractivity (Wildman–Crippen MR) is 63.2 cm³/mol. The number of rotatable bonds is 2. The summed E-state index contributed by atoms with van der Waals surface area (Å²) in [5.41, 5.74) is 1.21. The Hall–Kier alpha value is -1.71. The summed E-state index contributed by atoms with van der Waals surface area (Å²) in [6.07, 6.45) is 0. The van der Waals surface area contributed by atoms with Gasteiger partial charge in [0.05, 0.1) is 16.9 Å². The zero-order valence-electron chi connectivity index (χ0n) is 9.98. The Morgan fingerprint density at radius 3 is 2.38 bits per heavy atom. The fraction of sp³-hybridized carbons (Fsp3) is 0.417. The molecule has 4 heteroatoms. The minimum atomic E-state index is -1.02. The summed E-state index contributed by atoms with van der Waals surface area (Å²) in [5.74, 6) is -1.02. The number of carboxylic acid groups (broad SMARTS) is 1. The highest BCUT2D eigenvalue weighted by Gasteiger charge is 2.11. The lowest BCUT2D eigenvalue weighted by atomic mass is 10.1. The second-order valence-electron chi connectivity index (χ2n) is 4.58. The molecule has 0 saturated heterocycles. The maximum absolute atomic E-state index is 10.8. The van der Waals surface area contributed by atoms with Crippen LogP contribution in [-0.4, -0.2) is 27.3 Å². The van der Waals surface area contributed by atoms with Crippen molar-refractivity contribution in [2.45, 2.75) is 33.2 Å². The van der Waals surface area contributed by atoms with Crippen molar-refractivity contribution in [1.82, 2.24) is 4.98 Å². The molecule has 1 heterocycles. The van der Waals surface area contributed by atoms with Gasteiger partial charge in [0.2, 0.25) is 0 Å². The Labute approximate surface area is 95.1 Å². The quantitative estimate of drug-likeness (QED) is 0.778. The largest absolute Gasteiger partial charge is 0.477 e. The normalized spacial score (nSPS) is 12.6. The molecule has 0 amide bonds. The molecule has 1 N–H and O–H groups in total. The predicted octanol–water partition coefficient (Wildman–Crippen LogP) is 2.39. The van der Waals surface area contributed by atoms with Gasteiger partial charge in [-0.2, -0.15) is 0 Å². The van der Waals surface area contributed by atoms with E-state index in [1.54, 1.807) is 12.1 Å². The Kier molecular flexibility index (Phi) is 3.42. The third-order valence-corrected chi connectivity index (χ3v) is 1.84. The van der Waals surface area contributed by atoms with Crippen molar-refractivity contribution in [3.63, 3.8) is 0 Å². The van der Waals surface area contributed by atoms with Crippen LogP contribution in [0.5, 0.6) is 0 Å². The molecular formula is C12H16N2O2. The van der Waals surface area contributed by atoms with Crippen LogP contribution >= 0.6 is 0 Å². The summed E-state index contributed by atoms with van der Waals surface area (Å²) in [7, 11) is 0. The van der Waals surface area contributed by atoms with Gasteiger partial charge in [0.1, 0.15) is 5.69 Å². The van der Waals surface area contributed by atoms with Gasteiger partial charge in [-0.1, -0.05) is 6.07 Å². The molecule has 0 atom stereocenters. The van der Waals surface area contributed by atoms with E-state index in [0.29, 0.717) is 5.69 Å². The standard InChI is InChI=1S/C12H16N2O2/c1-8(14-12(2,3)4)9-6-5-7-10(13-9)11(15)16/h5-7H,1-4H3,(H,15,16). The molecule has 0 bridgehead atoms. The van der Waals surface area contributed by atoms with Crippen molar-refractivity contribution in [1.29, 1.82) is 0 Å². The lowest BCUT2D eigenvalue weighted by molar-refractivity contribution is 0.0690. The van der Waals surface area contributed by atoms with E-state index in [1.807, 2.05) is 27.7 Å². The second-order valence-corrected chi connectivity index (χ2v) is 4.58. The molecule has 4 nitrogen and oxygen atoms in total. The molecule has 0 fully saturated rings. The van der Waals surface area contributed by atoms with E-state index in [9.17, 15) is 4.79 Å². The molecule has 1 rings (SSSR count). The second kappa shape index (κ2) is 4.43. The maximum atomic E-state index is 10.8. The number of carboxylic acids is 1. The Balaban J connectivity index is 3.10. The molecule has 0 radical (unpaired) electrons. The van der Waals surface area contributed by atoms with Crippen molar-refractivity contribution in [2.24, 2.45) is 4.99 Å². The lowest BCUT2D eigenvalue weighted by Crippen LogP contribution is -2.14. The molecule has 1 aromatic rings. The number of pyridine rings is 1. The third kappa shape index (κ3) is 3.46. The van der Waals surface area contributed by atoms with Crippen LogP contribution in [0.2, 0.25) is 0 Å². The monoisotopic (exact) mass is 220 g/mol. The molecule has 0 aromatic carbocycles. The smallest absolute Gasteiger partial charge is 0.354 e. The third-order valence-electron chi connectivity index (χ3n) is 1.84. The first-order chi connectivity index (χ1) is 7.29. The Bertz CT molecular complexity index is 431.